The molecule has 0 atom stereocenters. The molecule has 1 N–H and O–H groups in total. The summed E-state index contributed by atoms with van der Waals surface area (Å²) in [6.07, 6.45) is 0. The number of amides is 1. The number of carbonyl (C=O) groups excluding carboxylic acids is 1. The normalized spacial score (nSPS) is 11.1. The van der Waals surface area contributed by atoms with Gasteiger partial charge in [0.15, 0.2) is 0 Å². The molecule has 122 valence electrons. The lowest BCUT2D eigenvalue weighted by Gasteiger charge is -2.20. The second-order valence-electron chi connectivity index (χ2n) is 6.20. The van der Waals surface area contributed by atoms with Crippen LogP contribution < -0.4 is 5.32 Å². The minimum atomic E-state index is -0.376. The summed E-state index contributed by atoms with van der Waals surface area (Å²) in [5.41, 5.74) is 3.48. The summed E-state index contributed by atoms with van der Waals surface area (Å²) in [6.45, 7) is 8.40. The molecule has 0 aliphatic heterocycles. The number of hydrogen-bond acceptors (Lipinski definition) is 1. The van der Waals surface area contributed by atoms with Crippen LogP contribution in [0, 0.1) is 5.82 Å². The quantitative estimate of drug-likeness (QED) is 0.686. The number of para-hydroxylation sites is 1. The van der Waals surface area contributed by atoms with Crippen LogP contribution in [0.3, 0.4) is 0 Å². The van der Waals surface area contributed by atoms with Crippen molar-refractivity contribution in [2.75, 3.05) is 5.32 Å². The number of benzene rings is 2. The van der Waals surface area contributed by atoms with Gasteiger partial charge in [0, 0.05) is 10.2 Å². The fraction of sp³-hybridized carbons (Fsp3) is 0.316. The van der Waals surface area contributed by atoms with E-state index in [1.807, 2.05) is 18.2 Å². The molecule has 2 nitrogen and oxygen atoms in total. The zero-order chi connectivity index (χ0) is 17.1. The number of rotatable bonds is 4. The second-order valence-corrected chi connectivity index (χ2v) is 7.05. The molecule has 0 saturated carbocycles. The summed E-state index contributed by atoms with van der Waals surface area (Å²) in [5.74, 6) is -0.0351. The van der Waals surface area contributed by atoms with Crippen LogP contribution in [0.1, 0.15) is 61.0 Å². The lowest BCUT2D eigenvalue weighted by Crippen LogP contribution is -2.16. The molecule has 2 aromatic carbocycles. The van der Waals surface area contributed by atoms with Gasteiger partial charge in [-0.1, -0.05) is 45.9 Å². The molecule has 0 aliphatic carbocycles. The van der Waals surface area contributed by atoms with Crippen molar-refractivity contribution < 1.29 is 9.18 Å². The van der Waals surface area contributed by atoms with E-state index < -0.39 is 0 Å². The SMILES string of the molecule is CC(C)c1cccc(C(C)C)c1NC(=O)c1ccc(F)cc1Br. The smallest absolute Gasteiger partial charge is 0.256 e. The Bertz CT molecular complexity index is 699. The maximum absolute atomic E-state index is 13.2. The highest BCUT2D eigenvalue weighted by Crippen LogP contribution is 2.33. The van der Waals surface area contributed by atoms with Gasteiger partial charge in [-0.15, -0.1) is 0 Å². The van der Waals surface area contributed by atoms with Gasteiger partial charge < -0.3 is 5.32 Å². The largest absolute Gasteiger partial charge is 0.321 e. The lowest BCUT2D eigenvalue weighted by molar-refractivity contribution is 0.102. The van der Waals surface area contributed by atoms with Gasteiger partial charge in [-0.05, 0) is 57.1 Å². The maximum Gasteiger partial charge on any atom is 0.256 e. The van der Waals surface area contributed by atoms with Crippen LogP contribution in [0.5, 0.6) is 0 Å². The zero-order valence-electron chi connectivity index (χ0n) is 13.8. The summed E-state index contributed by atoms with van der Waals surface area (Å²) in [4.78, 5) is 12.6. The highest BCUT2D eigenvalue weighted by molar-refractivity contribution is 9.10. The summed E-state index contributed by atoms with van der Waals surface area (Å²) >= 11 is 3.26. The van der Waals surface area contributed by atoms with E-state index in [0.29, 0.717) is 21.9 Å². The van der Waals surface area contributed by atoms with Crippen LogP contribution in [0.15, 0.2) is 40.9 Å². The first kappa shape index (κ1) is 17.7. The Kier molecular flexibility index (Phi) is 5.58. The molecule has 2 rings (SSSR count). The monoisotopic (exact) mass is 377 g/mol. The van der Waals surface area contributed by atoms with Gasteiger partial charge >= 0.3 is 0 Å². The van der Waals surface area contributed by atoms with Gasteiger partial charge in [0.25, 0.3) is 5.91 Å². The maximum atomic E-state index is 13.2. The molecular formula is C19H21BrFNO. The van der Waals surface area contributed by atoms with E-state index in [1.165, 1.54) is 18.2 Å². The number of anilines is 1. The average molecular weight is 378 g/mol. The predicted molar refractivity (Wildman–Crippen MR) is 96.7 cm³/mol. The first-order chi connectivity index (χ1) is 10.8. The molecule has 0 aromatic heterocycles. The molecule has 1 amide bonds. The number of nitrogens with one attached hydrogen (secondary N) is 1. The lowest BCUT2D eigenvalue weighted by atomic mass is 9.92. The number of hydrogen-bond donors (Lipinski definition) is 1. The van der Waals surface area contributed by atoms with E-state index >= 15 is 0 Å². The van der Waals surface area contributed by atoms with E-state index in [0.717, 1.165) is 16.8 Å². The molecule has 0 heterocycles. The van der Waals surface area contributed by atoms with Crippen LogP contribution in [-0.2, 0) is 0 Å². The molecule has 4 heteroatoms. The third-order valence-corrected chi connectivity index (χ3v) is 4.44. The summed E-state index contributed by atoms with van der Waals surface area (Å²) in [6, 6.07) is 10.2. The molecule has 2 aromatic rings. The van der Waals surface area contributed by atoms with E-state index in [1.54, 1.807) is 0 Å². The van der Waals surface area contributed by atoms with Crippen molar-refractivity contribution in [1.29, 1.82) is 0 Å². The van der Waals surface area contributed by atoms with E-state index in [-0.39, 0.29) is 11.7 Å². The van der Waals surface area contributed by atoms with Crippen molar-refractivity contribution in [2.24, 2.45) is 0 Å². The first-order valence-corrected chi connectivity index (χ1v) is 8.49. The highest BCUT2D eigenvalue weighted by atomic mass is 79.9. The number of carbonyl (C=O) groups is 1. The molecule has 0 radical (unpaired) electrons. The van der Waals surface area contributed by atoms with Gasteiger partial charge in [0.1, 0.15) is 5.82 Å². The molecule has 0 bridgehead atoms. The van der Waals surface area contributed by atoms with Crippen molar-refractivity contribution in [3.05, 3.63) is 63.4 Å². The topological polar surface area (TPSA) is 29.1 Å². The molecule has 23 heavy (non-hydrogen) atoms. The average Bonchev–Trinajstić information content (AvgIpc) is 2.46. The molecule has 0 spiro atoms. The highest BCUT2D eigenvalue weighted by Gasteiger charge is 2.18. The minimum absolute atomic E-state index is 0.244. The van der Waals surface area contributed by atoms with Crippen LogP contribution in [0.4, 0.5) is 10.1 Å². The Morgan fingerprint density at radius 1 is 1.04 bits per heavy atom. The Balaban J connectivity index is 2.44. The van der Waals surface area contributed by atoms with Gasteiger partial charge in [0.2, 0.25) is 0 Å². The Labute approximate surface area is 145 Å². The van der Waals surface area contributed by atoms with Crippen LogP contribution >= 0.6 is 15.9 Å². The van der Waals surface area contributed by atoms with Gasteiger partial charge in [-0.3, -0.25) is 4.79 Å². The van der Waals surface area contributed by atoms with Crippen LogP contribution in [0.2, 0.25) is 0 Å². The van der Waals surface area contributed by atoms with Gasteiger partial charge in [0.05, 0.1) is 5.56 Å². The third kappa shape index (κ3) is 3.99. The fourth-order valence-electron chi connectivity index (χ4n) is 2.55. The van der Waals surface area contributed by atoms with Gasteiger partial charge in [-0.25, -0.2) is 4.39 Å². The van der Waals surface area contributed by atoms with E-state index in [2.05, 4.69) is 48.9 Å². The fourth-order valence-corrected chi connectivity index (χ4v) is 3.08. The Morgan fingerprint density at radius 2 is 1.61 bits per heavy atom. The molecule has 0 aliphatic rings. The summed E-state index contributed by atoms with van der Waals surface area (Å²) in [7, 11) is 0. The van der Waals surface area contributed by atoms with E-state index in [4.69, 9.17) is 0 Å². The van der Waals surface area contributed by atoms with Crippen molar-refractivity contribution >= 4 is 27.5 Å². The Morgan fingerprint density at radius 3 is 2.09 bits per heavy atom. The zero-order valence-corrected chi connectivity index (χ0v) is 15.4. The van der Waals surface area contributed by atoms with E-state index in [9.17, 15) is 9.18 Å². The van der Waals surface area contributed by atoms with Crippen molar-refractivity contribution in [1.82, 2.24) is 0 Å². The van der Waals surface area contributed by atoms with Crippen molar-refractivity contribution in [2.45, 2.75) is 39.5 Å². The first-order valence-electron chi connectivity index (χ1n) is 7.70. The summed E-state index contributed by atoms with van der Waals surface area (Å²) in [5, 5.41) is 3.03. The minimum Gasteiger partial charge on any atom is -0.321 e. The molecule has 0 unspecified atom stereocenters. The van der Waals surface area contributed by atoms with Crippen molar-refractivity contribution in [3.8, 4) is 0 Å². The standard InChI is InChI=1S/C19H21BrFNO/c1-11(2)14-6-5-7-15(12(3)4)18(14)22-19(23)16-9-8-13(21)10-17(16)20/h5-12H,1-4H3,(H,22,23). The molecular weight excluding hydrogens is 357 g/mol. The Hall–Kier alpha value is -1.68. The van der Waals surface area contributed by atoms with Gasteiger partial charge in [-0.2, -0.15) is 0 Å². The molecule has 0 fully saturated rings. The molecule has 0 saturated heterocycles. The summed E-state index contributed by atoms with van der Waals surface area (Å²) < 4.78 is 13.7. The van der Waals surface area contributed by atoms with Crippen LogP contribution in [0.25, 0.3) is 0 Å². The van der Waals surface area contributed by atoms with Crippen molar-refractivity contribution in [3.63, 3.8) is 0 Å². The second kappa shape index (κ2) is 7.26. The predicted octanol–water partition coefficient (Wildman–Crippen LogP) is 6.09. The third-order valence-electron chi connectivity index (χ3n) is 3.79. The number of halogens is 2. The van der Waals surface area contributed by atoms with Crippen LogP contribution in [-0.4, -0.2) is 5.91 Å².